The second-order valence-corrected chi connectivity index (χ2v) is 9.95. The van der Waals surface area contributed by atoms with E-state index in [9.17, 15) is 14.0 Å². The van der Waals surface area contributed by atoms with Crippen LogP contribution in [-0.4, -0.2) is 51.5 Å². The van der Waals surface area contributed by atoms with E-state index < -0.39 is 11.5 Å². The van der Waals surface area contributed by atoms with E-state index in [0.717, 1.165) is 18.4 Å². The maximum absolute atomic E-state index is 13.6. The number of hydrogen-bond donors (Lipinski definition) is 2. The lowest BCUT2D eigenvalue weighted by atomic mass is 9.91. The van der Waals surface area contributed by atoms with Crippen molar-refractivity contribution in [1.29, 1.82) is 0 Å². The van der Waals surface area contributed by atoms with E-state index in [0.29, 0.717) is 44.0 Å². The Morgan fingerprint density at radius 2 is 2.06 bits per heavy atom. The van der Waals surface area contributed by atoms with Gasteiger partial charge < -0.3 is 25.8 Å². The van der Waals surface area contributed by atoms with Gasteiger partial charge in [-0.1, -0.05) is 6.07 Å². The smallest absolute Gasteiger partial charge is 0.410 e. The number of amides is 2. The Hall–Kier alpha value is -3.30. The fourth-order valence-corrected chi connectivity index (χ4v) is 4.70. The highest BCUT2D eigenvalue weighted by Crippen LogP contribution is 2.35. The predicted molar refractivity (Wildman–Crippen MR) is 124 cm³/mol. The summed E-state index contributed by atoms with van der Waals surface area (Å²) in [6.07, 6.45) is 2.32. The number of aromatic nitrogens is 2. The van der Waals surface area contributed by atoms with Gasteiger partial charge in [0.25, 0.3) is 5.91 Å². The van der Waals surface area contributed by atoms with Crippen LogP contribution in [0, 0.1) is 5.82 Å². The summed E-state index contributed by atoms with van der Waals surface area (Å²) in [5.74, 6) is -0.519. The molecular formula is C24H32FN5O4. The number of fused-ring (bicyclic) bond motifs is 1. The molecule has 1 fully saturated rings. The fourth-order valence-electron chi connectivity index (χ4n) is 4.70. The van der Waals surface area contributed by atoms with Crippen LogP contribution in [0.15, 0.2) is 18.2 Å². The van der Waals surface area contributed by atoms with Crippen molar-refractivity contribution in [3.05, 3.63) is 40.8 Å². The van der Waals surface area contributed by atoms with Crippen LogP contribution in [0.5, 0.6) is 5.75 Å². The van der Waals surface area contributed by atoms with Gasteiger partial charge in [0.15, 0.2) is 0 Å². The summed E-state index contributed by atoms with van der Waals surface area (Å²) in [7, 11) is 0. The Labute approximate surface area is 198 Å². The van der Waals surface area contributed by atoms with E-state index in [4.69, 9.17) is 26.0 Å². The second-order valence-electron chi connectivity index (χ2n) is 9.95. The molecule has 0 bridgehead atoms. The molecule has 3 heterocycles. The number of nitrogens with two attached hydrogens (primary N) is 2. The third-order valence-corrected chi connectivity index (χ3v) is 6.26. The molecule has 0 radical (unpaired) electrons. The lowest BCUT2D eigenvalue weighted by Gasteiger charge is -2.28. The van der Waals surface area contributed by atoms with E-state index in [1.807, 2.05) is 20.8 Å². The molecule has 2 aliphatic heterocycles. The van der Waals surface area contributed by atoms with Crippen molar-refractivity contribution in [2.75, 3.05) is 18.9 Å². The third kappa shape index (κ3) is 4.95. The molecule has 1 aromatic carbocycles. The van der Waals surface area contributed by atoms with E-state index in [1.165, 1.54) is 12.1 Å². The number of nitrogen functional groups attached to an aromatic ring is 1. The van der Waals surface area contributed by atoms with Gasteiger partial charge in [0, 0.05) is 18.5 Å². The largest absolute Gasteiger partial charge is 0.493 e. The number of carbonyl (C=O) groups excluding carboxylic acids is 2. The summed E-state index contributed by atoms with van der Waals surface area (Å²) < 4.78 is 26.5. The third-order valence-electron chi connectivity index (χ3n) is 6.26. The maximum Gasteiger partial charge on any atom is 0.410 e. The van der Waals surface area contributed by atoms with Crippen LogP contribution in [0.2, 0.25) is 0 Å². The molecular weight excluding hydrogens is 441 g/mol. The molecule has 34 heavy (non-hydrogen) atoms. The molecule has 0 spiro atoms. The molecule has 0 aliphatic carbocycles. The number of rotatable bonds is 4. The average molecular weight is 474 g/mol. The number of anilines is 1. The number of primary amides is 1. The highest BCUT2D eigenvalue weighted by Gasteiger charge is 2.35. The number of nitrogens with zero attached hydrogens (tertiary/aromatic N) is 3. The molecule has 2 aromatic rings. The number of hydrogen-bond acceptors (Lipinski definition) is 6. The zero-order valence-electron chi connectivity index (χ0n) is 19.8. The van der Waals surface area contributed by atoms with Gasteiger partial charge >= 0.3 is 6.09 Å². The molecule has 2 atom stereocenters. The summed E-state index contributed by atoms with van der Waals surface area (Å²) in [5, 5.41) is 4.70. The van der Waals surface area contributed by atoms with Gasteiger partial charge in [-0.15, -0.1) is 0 Å². The topological polar surface area (TPSA) is 126 Å². The molecule has 1 unspecified atom stereocenters. The Morgan fingerprint density at radius 3 is 2.76 bits per heavy atom. The molecule has 4 rings (SSSR count). The summed E-state index contributed by atoms with van der Waals surface area (Å²) in [4.78, 5) is 26.7. The Morgan fingerprint density at radius 1 is 1.29 bits per heavy atom. The summed E-state index contributed by atoms with van der Waals surface area (Å²) in [6.45, 7) is 6.75. The lowest BCUT2D eigenvalue weighted by molar-refractivity contribution is 0.0212. The van der Waals surface area contributed by atoms with Crippen molar-refractivity contribution >= 4 is 17.8 Å². The number of halogens is 1. The zero-order chi connectivity index (χ0) is 24.6. The molecule has 10 heteroatoms. The first-order chi connectivity index (χ1) is 16.0. The van der Waals surface area contributed by atoms with Crippen LogP contribution in [0.3, 0.4) is 0 Å². The minimum Gasteiger partial charge on any atom is -0.493 e. The lowest BCUT2D eigenvalue weighted by Crippen LogP contribution is -2.41. The van der Waals surface area contributed by atoms with E-state index in [2.05, 4.69) is 0 Å². The summed E-state index contributed by atoms with van der Waals surface area (Å²) in [5.41, 5.74) is 13.0. The predicted octanol–water partition coefficient (Wildman–Crippen LogP) is 3.21. The van der Waals surface area contributed by atoms with Crippen molar-refractivity contribution in [3.63, 3.8) is 0 Å². The first-order valence-electron chi connectivity index (χ1n) is 11.6. The molecule has 2 amide bonds. The monoisotopic (exact) mass is 473 g/mol. The van der Waals surface area contributed by atoms with Crippen LogP contribution in [0.1, 0.15) is 67.6 Å². The van der Waals surface area contributed by atoms with Crippen LogP contribution in [0.25, 0.3) is 0 Å². The van der Waals surface area contributed by atoms with Crippen LogP contribution in [0.4, 0.5) is 15.0 Å². The highest BCUT2D eigenvalue weighted by molar-refractivity contribution is 5.98. The normalized spacial score (nSPS) is 20.4. The van der Waals surface area contributed by atoms with Gasteiger partial charge in [0.05, 0.1) is 24.9 Å². The standard InChI is InChI=1S/C24H32FN5O4/c1-24(2,3)34-23(32)29-9-4-5-17(29)13-30-21(26)19(22(27)31)20(28-30)15-8-10-33-18-12-16(25)7-6-14(18)11-15/h6-7,12,15,17H,4-5,8-11,13,26H2,1-3H3,(H2,27,31)/t15?,17-/m0/s1. The van der Waals surface area contributed by atoms with E-state index in [1.54, 1.807) is 15.6 Å². The van der Waals surface area contributed by atoms with Crippen molar-refractivity contribution in [2.45, 2.75) is 70.6 Å². The molecule has 4 N–H and O–H groups in total. The SMILES string of the molecule is CC(C)(C)OC(=O)N1CCC[C@H]1Cn1nc(C2CCOc3cc(F)ccc3C2)c(C(N)=O)c1N. The van der Waals surface area contributed by atoms with Gasteiger partial charge in [-0.25, -0.2) is 13.9 Å². The van der Waals surface area contributed by atoms with Gasteiger partial charge in [-0.3, -0.25) is 4.79 Å². The van der Waals surface area contributed by atoms with Crippen molar-refractivity contribution in [2.24, 2.45) is 5.73 Å². The zero-order valence-corrected chi connectivity index (χ0v) is 19.8. The first-order valence-corrected chi connectivity index (χ1v) is 11.6. The van der Waals surface area contributed by atoms with Crippen LogP contribution < -0.4 is 16.2 Å². The Balaban J connectivity index is 1.60. The van der Waals surface area contributed by atoms with Crippen molar-refractivity contribution < 1.29 is 23.5 Å². The minimum absolute atomic E-state index is 0.160. The quantitative estimate of drug-likeness (QED) is 0.702. The number of likely N-dealkylation sites (tertiary alicyclic amines) is 1. The average Bonchev–Trinajstić information content (AvgIpc) is 3.26. The summed E-state index contributed by atoms with van der Waals surface area (Å²) in [6, 6.07) is 4.28. The minimum atomic E-state index is -0.654. The molecule has 1 saturated heterocycles. The Bertz CT molecular complexity index is 1090. The number of carbonyl (C=O) groups is 2. The molecule has 2 aliphatic rings. The summed E-state index contributed by atoms with van der Waals surface area (Å²) >= 11 is 0. The molecule has 0 saturated carbocycles. The van der Waals surface area contributed by atoms with Gasteiger partial charge in [0.2, 0.25) is 0 Å². The van der Waals surface area contributed by atoms with E-state index >= 15 is 0 Å². The molecule has 184 valence electrons. The van der Waals surface area contributed by atoms with Gasteiger partial charge in [-0.2, -0.15) is 5.10 Å². The highest BCUT2D eigenvalue weighted by atomic mass is 19.1. The molecule has 9 nitrogen and oxygen atoms in total. The van der Waals surface area contributed by atoms with Gasteiger partial charge in [0.1, 0.15) is 28.5 Å². The molecule has 1 aromatic heterocycles. The van der Waals surface area contributed by atoms with Crippen molar-refractivity contribution in [1.82, 2.24) is 14.7 Å². The second kappa shape index (κ2) is 9.15. The van der Waals surface area contributed by atoms with E-state index in [-0.39, 0.29) is 35.3 Å². The number of ether oxygens (including phenoxy) is 2. The van der Waals surface area contributed by atoms with Crippen LogP contribution in [-0.2, 0) is 17.7 Å². The Kier molecular flexibility index (Phi) is 6.42. The van der Waals surface area contributed by atoms with Gasteiger partial charge in [-0.05, 0) is 58.1 Å². The van der Waals surface area contributed by atoms with Crippen molar-refractivity contribution in [3.8, 4) is 5.75 Å². The maximum atomic E-state index is 13.6. The van der Waals surface area contributed by atoms with Crippen LogP contribution >= 0.6 is 0 Å². The fraction of sp³-hybridized carbons (Fsp3) is 0.542. The first kappa shape index (κ1) is 23.8. The number of benzene rings is 1.